The fourth-order valence-electron chi connectivity index (χ4n) is 1.64. The van der Waals surface area contributed by atoms with E-state index in [-0.39, 0.29) is 10.9 Å². The van der Waals surface area contributed by atoms with Crippen molar-refractivity contribution in [2.24, 2.45) is 0 Å². The lowest BCUT2D eigenvalue weighted by molar-refractivity contribution is -0.153. The van der Waals surface area contributed by atoms with Crippen molar-refractivity contribution >= 4 is 16.9 Å². The van der Waals surface area contributed by atoms with Crippen LogP contribution in [0, 0.1) is 0 Å². The van der Waals surface area contributed by atoms with E-state index in [9.17, 15) is 31.1 Å². The zero-order valence-electron chi connectivity index (χ0n) is 11.3. The highest BCUT2D eigenvalue weighted by atomic mass is 32.2. The molecule has 0 saturated carbocycles. The second kappa shape index (κ2) is 8.45. The van der Waals surface area contributed by atoms with E-state index < -0.39 is 37.5 Å². The van der Waals surface area contributed by atoms with Gasteiger partial charge in [0, 0.05) is 11.3 Å². The molecule has 3 unspecified atom stereocenters. The first-order chi connectivity index (χ1) is 10.2. The van der Waals surface area contributed by atoms with E-state index in [1.165, 1.54) is 0 Å². The van der Waals surface area contributed by atoms with Crippen LogP contribution in [0.15, 0.2) is 30.3 Å². The standard InChI is InChI=1S/C14H14F6OS/c15-10(12(17)11(16)8-14(18,19)20)6-7-22-13(21)9-4-2-1-3-5-9/h1-5,10-12H,6-8H2. The van der Waals surface area contributed by atoms with Crippen LogP contribution in [0.3, 0.4) is 0 Å². The van der Waals surface area contributed by atoms with E-state index in [4.69, 9.17) is 0 Å². The molecule has 8 heteroatoms. The van der Waals surface area contributed by atoms with Gasteiger partial charge < -0.3 is 0 Å². The minimum Gasteiger partial charge on any atom is -0.282 e. The van der Waals surface area contributed by atoms with Gasteiger partial charge in [0.2, 0.25) is 5.12 Å². The molecule has 124 valence electrons. The first kappa shape index (κ1) is 18.9. The Morgan fingerprint density at radius 2 is 1.64 bits per heavy atom. The number of carbonyl (C=O) groups is 1. The normalized spacial score (nSPS) is 16.1. The zero-order chi connectivity index (χ0) is 16.8. The Morgan fingerprint density at radius 3 is 2.18 bits per heavy atom. The van der Waals surface area contributed by atoms with Crippen molar-refractivity contribution in [1.29, 1.82) is 0 Å². The van der Waals surface area contributed by atoms with Gasteiger partial charge in [0.1, 0.15) is 12.3 Å². The lowest BCUT2D eigenvalue weighted by Crippen LogP contribution is -2.32. The second-order valence-electron chi connectivity index (χ2n) is 4.59. The molecular formula is C14H14F6OS. The van der Waals surface area contributed by atoms with E-state index in [1.54, 1.807) is 30.3 Å². The molecule has 1 aromatic carbocycles. The average Bonchev–Trinajstić information content (AvgIpc) is 2.45. The Hall–Kier alpha value is -1.18. The maximum atomic E-state index is 13.4. The summed E-state index contributed by atoms with van der Waals surface area (Å²) in [4.78, 5) is 11.6. The van der Waals surface area contributed by atoms with Gasteiger partial charge >= 0.3 is 6.18 Å². The summed E-state index contributed by atoms with van der Waals surface area (Å²) < 4.78 is 75.3. The van der Waals surface area contributed by atoms with Gasteiger partial charge in [0.15, 0.2) is 6.17 Å². The molecule has 0 aliphatic heterocycles. The summed E-state index contributed by atoms with van der Waals surface area (Å²) in [5.74, 6) is -0.145. The molecule has 1 nitrogen and oxygen atoms in total. The third-order valence-corrected chi connectivity index (χ3v) is 3.69. The first-order valence-corrected chi connectivity index (χ1v) is 7.40. The van der Waals surface area contributed by atoms with Crippen LogP contribution in [0.1, 0.15) is 23.2 Å². The van der Waals surface area contributed by atoms with Gasteiger partial charge in [-0.05, 0) is 6.42 Å². The lowest BCUT2D eigenvalue weighted by atomic mass is 10.1. The fraction of sp³-hybridized carbons (Fsp3) is 0.500. The molecule has 0 bridgehead atoms. The van der Waals surface area contributed by atoms with Crippen LogP contribution in [0.4, 0.5) is 26.3 Å². The molecule has 3 atom stereocenters. The summed E-state index contributed by atoms with van der Waals surface area (Å²) in [6, 6.07) is 8.05. The summed E-state index contributed by atoms with van der Waals surface area (Å²) in [7, 11) is 0. The third kappa shape index (κ3) is 6.72. The minimum atomic E-state index is -4.89. The highest BCUT2D eigenvalue weighted by molar-refractivity contribution is 8.14. The van der Waals surface area contributed by atoms with Gasteiger partial charge in [-0.1, -0.05) is 42.1 Å². The number of rotatable bonds is 7. The summed E-state index contributed by atoms with van der Waals surface area (Å²) in [5.41, 5.74) is 0.375. The molecule has 0 aromatic heterocycles. The number of halogens is 6. The number of hydrogen-bond donors (Lipinski definition) is 0. The van der Waals surface area contributed by atoms with E-state index >= 15 is 0 Å². The molecule has 1 aromatic rings. The highest BCUT2D eigenvalue weighted by Crippen LogP contribution is 2.28. The molecule has 0 spiro atoms. The van der Waals surface area contributed by atoms with E-state index in [1.807, 2.05) is 0 Å². The molecule has 0 fully saturated rings. The van der Waals surface area contributed by atoms with Crippen molar-refractivity contribution in [3.8, 4) is 0 Å². The van der Waals surface area contributed by atoms with E-state index in [0.29, 0.717) is 17.3 Å². The maximum Gasteiger partial charge on any atom is 0.392 e. The monoisotopic (exact) mass is 344 g/mol. The Kier molecular flexibility index (Phi) is 7.25. The number of alkyl halides is 6. The molecule has 22 heavy (non-hydrogen) atoms. The zero-order valence-corrected chi connectivity index (χ0v) is 12.1. The molecule has 0 aliphatic rings. The van der Waals surface area contributed by atoms with Crippen LogP contribution in [-0.2, 0) is 0 Å². The molecule has 0 radical (unpaired) electrons. The van der Waals surface area contributed by atoms with Gasteiger partial charge in [0.05, 0.1) is 6.42 Å². The van der Waals surface area contributed by atoms with Gasteiger partial charge in [-0.3, -0.25) is 4.79 Å². The lowest BCUT2D eigenvalue weighted by Gasteiger charge is -2.18. The summed E-state index contributed by atoms with van der Waals surface area (Å²) in [6.45, 7) is 0. The summed E-state index contributed by atoms with van der Waals surface area (Å²) >= 11 is 0.710. The van der Waals surface area contributed by atoms with Crippen LogP contribution >= 0.6 is 11.8 Å². The SMILES string of the molecule is O=C(SCCC(F)C(F)C(F)CC(F)(F)F)c1ccccc1. The van der Waals surface area contributed by atoms with Crippen molar-refractivity contribution in [3.05, 3.63) is 35.9 Å². The predicted molar refractivity (Wildman–Crippen MR) is 73.2 cm³/mol. The van der Waals surface area contributed by atoms with E-state index in [2.05, 4.69) is 0 Å². The number of thioether (sulfide) groups is 1. The van der Waals surface area contributed by atoms with E-state index in [0.717, 1.165) is 0 Å². The smallest absolute Gasteiger partial charge is 0.282 e. The molecule has 1 rings (SSSR count). The van der Waals surface area contributed by atoms with Crippen LogP contribution in [0.2, 0.25) is 0 Å². The van der Waals surface area contributed by atoms with Crippen LogP contribution in [0.25, 0.3) is 0 Å². The Bertz CT molecular complexity index is 464. The van der Waals surface area contributed by atoms with Crippen LogP contribution < -0.4 is 0 Å². The van der Waals surface area contributed by atoms with Gasteiger partial charge in [-0.2, -0.15) is 13.2 Å². The number of carbonyl (C=O) groups excluding carboxylic acids is 1. The van der Waals surface area contributed by atoms with Crippen molar-refractivity contribution in [1.82, 2.24) is 0 Å². The van der Waals surface area contributed by atoms with Gasteiger partial charge in [0.25, 0.3) is 0 Å². The Morgan fingerprint density at radius 1 is 1.05 bits per heavy atom. The second-order valence-corrected chi connectivity index (χ2v) is 5.65. The molecular weight excluding hydrogens is 330 g/mol. The highest BCUT2D eigenvalue weighted by Gasteiger charge is 2.39. The molecule has 0 heterocycles. The summed E-state index contributed by atoms with van der Waals surface area (Å²) in [6.07, 6.45) is -15.6. The van der Waals surface area contributed by atoms with Crippen molar-refractivity contribution in [2.75, 3.05) is 5.75 Å². The number of benzene rings is 1. The van der Waals surface area contributed by atoms with Gasteiger partial charge in [-0.25, -0.2) is 13.2 Å². The Balaban J connectivity index is 2.36. The van der Waals surface area contributed by atoms with Crippen molar-refractivity contribution in [2.45, 2.75) is 37.5 Å². The molecule has 0 saturated heterocycles. The largest absolute Gasteiger partial charge is 0.392 e. The van der Waals surface area contributed by atoms with Crippen LogP contribution in [0.5, 0.6) is 0 Å². The number of hydrogen-bond acceptors (Lipinski definition) is 2. The van der Waals surface area contributed by atoms with Gasteiger partial charge in [-0.15, -0.1) is 0 Å². The molecule has 0 amide bonds. The van der Waals surface area contributed by atoms with Crippen molar-refractivity contribution < 1.29 is 31.1 Å². The predicted octanol–water partition coefficient (Wildman–Crippen LogP) is 4.92. The first-order valence-electron chi connectivity index (χ1n) is 6.42. The fourth-order valence-corrected chi connectivity index (χ4v) is 2.47. The van der Waals surface area contributed by atoms with Crippen LogP contribution in [-0.4, -0.2) is 35.6 Å². The topological polar surface area (TPSA) is 17.1 Å². The quantitative estimate of drug-likeness (QED) is 0.653. The van der Waals surface area contributed by atoms with Crippen molar-refractivity contribution in [3.63, 3.8) is 0 Å². The third-order valence-electron chi connectivity index (χ3n) is 2.75. The average molecular weight is 344 g/mol. The molecule has 0 N–H and O–H groups in total. The molecule has 0 aliphatic carbocycles. The summed E-state index contributed by atoms with van der Waals surface area (Å²) in [5, 5.41) is -0.365. The maximum absolute atomic E-state index is 13.4. The minimum absolute atomic E-state index is 0.145. The Labute approximate surface area is 128 Å².